The molecule has 3 heteroatoms. The highest BCUT2D eigenvalue weighted by atomic mass is 16.5. The minimum absolute atomic E-state index is 0.514. The number of aliphatic hydroxyl groups is 1. The number of ether oxygens (including phenoxy) is 1. The van der Waals surface area contributed by atoms with Crippen LogP contribution in [0.3, 0.4) is 0 Å². The Labute approximate surface area is 59.3 Å². The lowest BCUT2D eigenvalue weighted by molar-refractivity contribution is -0.113. The average Bonchev–Trinajstić information content (AvgIpc) is 2.05. The highest BCUT2D eigenvalue weighted by molar-refractivity contribution is 5.61. The standard InChI is InChI=1S/C7H10O3/c8-4-7(9)6-2-1-3-10-5-6/h4-5,7,9H,1-3H2. The summed E-state index contributed by atoms with van der Waals surface area (Å²) in [5.41, 5.74) is 0.682. The van der Waals surface area contributed by atoms with Gasteiger partial charge < -0.3 is 14.6 Å². The molecule has 0 bridgehead atoms. The molecule has 0 spiro atoms. The number of rotatable bonds is 2. The number of carbonyl (C=O) groups excluding carboxylic acids is 1. The molecular weight excluding hydrogens is 132 g/mol. The summed E-state index contributed by atoms with van der Waals surface area (Å²) in [5, 5.41) is 8.97. The molecular formula is C7H10O3. The van der Waals surface area contributed by atoms with Gasteiger partial charge in [-0.1, -0.05) is 0 Å². The van der Waals surface area contributed by atoms with Crippen LogP contribution in [-0.2, 0) is 9.53 Å². The summed E-state index contributed by atoms with van der Waals surface area (Å²) in [5.74, 6) is 0. The molecule has 0 aromatic carbocycles. The Morgan fingerprint density at radius 2 is 2.60 bits per heavy atom. The summed E-state index contributed by atoms with van der Waals surface area (Å²) in [6.07, 6.45) is 2.68. The minimum Gasteiger partial charge on any atom is -0.501 e. The SMILES string of the molecule is O=CC(O)C1=COCCC1. The zero-order chi connectivity index (χ0) is 7.40. The molecule has 0 saturated carbocycles. The quantitative estimate of drug-likeness (QED) is 0.562. The molecule has 3 nitrogen and oxygen atoms in total. The van der Waals surface area contributed by atoms with E-state index in [1.54, 1.807) is 0 Å². The second-order valence-corrected chi connectivity index (χ2v) is 2.25. The van der Waals surface area contributed by atoms with E-state index in [0.29, 0.717) is 18.5 Å². The van der Waals surface area contributed by atoms with Crippen LogP contribution in [0.2, 0.25) is 0 Å². The van der Waals surface area contributed by atoms with E-state index in [1.165, 1.54) is 6.26 Å². The van der Waals surface area contributed by atoms with Gasteiger partial charge in [-0.15, -0.1) is 0 Å². The smallest absolute Gasteiger partial charge is 0.152 e. The van der Waals surface area contributed by atoms with Crippen LogP contribution in [0.15, 0.2) is 11.8 Å². The first-order valence-electron chi connectivity index (χ1n) is 3.28. The molecule has 0 saturated heterocycles. The van der Waals surface area contributed by atoms with Crippen molar-refractivity contribution < 1.29 is 14.6 Å². The van der Waals surface area contributed by atoms with Crippen molar-refractivity contribution >= 4 is 6.29 Å². The molecule has 1 heterocycles. The maximum absolute atomic E-state index is 10.1. The molecule has 1 rings (SSSR count). The molecule has 0 aromatic heterocycles. The van der Waals surface area contributed by atoms with Crippen LogP contribution in [-0.4, -0.2) is 24.1 Å². The van der Waals surface area contributed by atoms with Crippen LogP contribution in [0.5, 0.6) is 0 Å². The molecule has 0 amide bonds. The molecule has 0 fully saturated rings. The third kappa shape index (κ3) is 1.57. The number of hydrogen-bond donors (Lipinski definition) is 1. The Morgan fingerprint density at radius 3 is 3.10 bits per heavy atom. The first kappa shape index (κ1) is 7.28. The number of aliphatic hydroxyl groups excluding tert-OH is 1. The van der Waals surface area contributed by atoms with E-state index in [9.17, 15) is 4.79 Å². The van der Waals surface area contributed by atoms with E-state index in [4.69, 9.17) is 9.84 Å². The van der Waals surface area contributed by atoms with Crippen LogP contribution >= 0.6 is 0 Å². The fourth-order valence-electron chi connectivity index (χ4n) is 0.890. The Kier molecular flexibility index (Phi) is 2.45. The minimum atomic E-state index is -0.958. The topological polar surface area (TPSA) is 46.5 Å². The van der Waals surface area contributed by atoms with Crippen molar-refractivity contribution in [2.24, 2.45) is 0 Å². The van der Waals surface area contributed by atoms with Gasteiger partial charge in [-0.05, 0) is 18.4 Å². The lowest BCUT2D eigenvalue weighted by Gasteiger charge is -2.14. The van der Waals surface area contributed by atoms with E-state index < -0.39 is 6.10 Å². The normalized spacial score (nSPS) is 20.7. The van der Waals surface area contributed by atoms with E-state index in [2.05, 4.69) is 0 Å². The van der Waals surface area contributed by atoms with Crippen LogP contribution in [0.1, 0.15) is 12.8 Å². The summed E-state index contributed by atoms with van der Waals surface area (Å²) in [6.45, 7) is 0.690. The van der Waals surface area contributed by atoms with E-state index in [1.807, 2.05) is 0 Å². The molecule has 1 aliphatic rings. The van der Waals surface area contributed by atoms with Crippen molar-refractivity contribution in [3.63, 3.8) is 0 Å². The number of aldehydes is 1. The van der Waals surface area contributed by atoms with Gasteiger partial charge in [0, 0.05) is 0 Å². The molecule has 0 aliphatic carbocycles. The maximum Gasteiger partial charge on any atom is 0.152 e. The summed E-state index contributed by atoms with van der Waals surface area (Å²) in [7, 11) is 0. The molecule has 1 atom stereocenters. The third-order valence-corrected chi connectivity index (χ3v) is 1.47. The summed E-state index contributed by atoms with van der Waals surface area (Å²) >= 11 is 0. The van der Waals surface area contributed by atoms with Crippen molar-refractivity contribution in [3.05, 3.63) is 11.8 Å². The molecule has 56 valence electrons. The maximum atomic E-state index is 10.1. The van der Waals surface area contributed by atoms with Gasteiger partial charge >= 0.3 is 0 Å². The van der Waals surface area contributed by atoms with Crippen molar-refractivity contribution in [2.75, 3.05) is 6.61 Å². The number of carbonyl (C=O) groups is 1. The molecule has 1 aliphatic heterocycles. The Morgan fingerprint density at radius 1 is 1.80 bits per heavy atom. The molecule has 0 aromatic rings. The second-order valence-electron chi connectivity index (χ2n) is 2.25. The Bertz CT molecular complexity index is 151. The van der Waals surface area contributed by atoms with Gasteiger partial charge in [-0.2, -0.15) is 0 Å². The van der Waals surface area contributed by atoms with E-state index in [-0.39, 0.29) is 0 Å². The molecule has 10 heavy (non-hydrogen) atoms. The lowest BCUT2D eigenvalue weighted by Crippen LogP contribution is -2.15. The van der Waals surface area contributed by atoms with Crippen LogP contribution in [0.4, 0.5) is 0 Å². The van der Waals surface area contributed by atoms with Crippen molar-refractivity contribution in [1.82, 2.24) is 0 Å². The van der Waals surface area contributed by atoms with Crippen molar-refractivity contribution in [2.45, 2.75) is 18.9 Å². The highest BCUT2D eigenvalue weighted by Crippen LogP contribution is 2.13. The molecule has 1 N–H and O–H groups in total. The summed E-state index contributed by atoms with van der Waals surface area (Å²) < 4.78 is 4.92. The fourth-order valence-corrected chi connectivity index (χ4v) is 0.890. The van der Waals surface area contributed by atoms with Gasteiger partial charge in [0.05, 0.1) is 12.9 Å². The van der Waals surface area contributed by atoms with Gasteiger partial charge in [0.2, 0.25) is 0 Å². The number of hydrogen-bond acceptors (Lipinski definition) is 3. The Balaban J connectivity index is 2.52. The summed E-state index contributed by atoms with van der Waals surface area (Å²) in [4.78, 5) is 10.1. The Hall–Kier alpha value is -0.830. The third-order valence-electron chi connectivity index (χ3n) is 1.47. The zero-order valence-corrected chi connectivity index (χ0v) is 5.62. The predicted octanol–water partition coefficient (Wildman–Crippen LogP) is 0.240. The summed E-state index contributed by atoms with van der Waals surface area (Å²) in [6, 6.07) is 0. The monoisotopic (exact) mass is 142 g/mol. The van der Waals surface area contributed by atoms with Crippen molar-refractivity contribution in [1.29, 1.82) is 0 Å². The first-order chi connectivity index (χ1) is 4.84. The molecule has 0 radical (unpaired) electrons. The predicted molar refractivity (Wildman–Crippen MR) is 35.3 cm³/mol. The van der Waals surface area contributed by atoms with Gasteiger partial charge in [0.25, 0.3) is 0 Å². The van der Waals surface area contributed by atoms with Crippen LogP contribution < -0.4 is 0 Å². The highest BCUT2D eigenvalue weighted by Gasteiger charge is 2.12. The second kappa shape index (κ2) is 3.37. The van der Waals surface area contributed by atoms with Crippen molar-refractivity contribution in [3.8, 4) is 0 Å². The van der Waals surface area contributed by atoms with Crippen LogP contribution in [0, 0.1) is 0 Å². The largest absolute Gasteiger partial charge is 0.501 e. The van der Waals surface area contributed by atoms with Crippen LogP contribution in [0.25, 0.3) is 0 Å². The van der Waals surface area contributed by atoms with Gasteiger partial charge in [0.15, 0.2) is 6.29 Å². The average molecular weight is 142 g/mol. The van der Waals surface area contributed by atoms with E-state index >= 15 is 0 Å². The molecule has 1 unspecified atom stereocenters. The van der Waals surface area contributed by atoms with Gasteiger partial charge in [0.1, 0.15) is 6.10 Å². The fraction of sp³-hybridized carbons (Fsp3) is 0.571. The lowest BCUT2D eigenvalue weighted by atomic mass is 10.1. The van der Waals surface area contributed by atoms with Gasteiger partial charge in [-0.25, -0.2) is 0 Å². The first-order valence-corrected chi connectivity index (χ1v) is 3.28. The van der Waals surface area contributed by atoms with E-state index in [0.717, 1.165) is 12.8 Å². The zero-order valence-electron chi connectivity index (χ0n) is 5.62. The van der Waals surface area contributed by atoms with Gasteiger partial charge in [-0.3, -0.25) is 0 Å².